The van der Waals surface area contributed by atoms with Gasteiger partial charge in [-0.25, -0.2) is 4.98 Å². The van der Waals surface area contributed by atoms with Gasteiger partial charge in [-0.3, -0.25) is 5.41 Å². The van der Waals surface area contributed by atoms with Gasteiger partial charge >= 0.3 is 0 Å². The lowest BCUT2D eigenvalue weighted by molar-refractivity contribution is 0.305. The number of ether oxygens (including phenoxy) is 1. The van der Waals surface area contributed by atoms with Crippen molar-refractivity contribution in [1.29, 1.82) is 5.41 Å². The standard InChI is InChI=1S/C12H12ClN3OS/c1-7-6-18-10(16-7)5-17-9-4-2-3-8(13)11(9)12(14)15/h2-4,6H,5H2,1H3,(H3,14,15). The van der Waals surface area contributed by atoms with Gasteiger partial charge in [0.2, 0.25) is 0 Å². The second-order valence-corrected chi connectivity index (χ2v) is 5.05. The molecule has 0 fully saturated rings. The molecule has 0 amide bonds. The zero-order valence-corrected chi connectivity index (χ0v) is 11.3. The lowest BCUT2D eigenvalue weighted by atomic mass is 10.2. The normalized spacial score (nSPS) is 10.3. The quantitative estimate of drug-likeness (QED) is 0.668. The number of halogens is 1. The lowest BCUT2D eigenvalue weighted by Gasteiger charge is -2.10. The summed E-state index contributed by atoms with van der Waals surface area (Å²) in [6.07, 6.45) is 0. The number of thiazole rings is 1. The number of hydrogen-bond acceptors (Lipinski definition) is 4. The van der Waals surface area contributed by atoms with Gasteiger partial charge in [-0.1, -0.05) is 17.7 Å². The summed E-state index contributed by atoms with van der Waals surface area (Å²) in [4.78, 5) is 4.30. The highest BCUT2D eigenvalue weighted by Crippen LogP contribution is 2.26. The van der Waals surface area contributed by atoms with Crippen LogP contribution >= 0.6 is 22.9 Å². The minimum absolute atomic E-state index is 0.106. The Labute approximate surface area is 114 Å². The molecule has 0 saturated carbocycles. The molecular formula is C12H12ClN3OS. The highest BCUT2D eigenvalue weighted by atomic mass is 35.5. The highest BCUT2D eigenvalue weighted by Gasteiger charge is 2.11. The minimum atomic E-state index is -0.106. The third kappa shape index (κ3) is 2.80. The molecule has 0 aliphatic heterocycles. The van der Waals surface area contributed by atoms with Crippen LogP contribution in [0.5, 0.6) is 5.75 Å². The van der Waals surface area contributed by atoms with Crippen molar-refractivity contribution in [3.05, 3.63) is 44.9 Å². The van der Waals surface area contributed by atoms with Gasteiger partial charge in [0.05, 0.1) is 10.6 Å². The third-order valence-electron chi connectivity index (χ3n) is 2.26. The number of nitrogens with zero attached hydrogens (tertiary/aromatic N) is 1. The average molecular weight is 282 g/mol. The summed E-state index contributed by atoms with van der Waals surface area (Å²) in [6, 6.07) is 5.18. The Morgan fingerprint density at radius 1 is 1.56 bits per heavy atom. The topological polar surface area (TPSA) is 72.0 Å². The fourth-order valence-corrected chi connectivity index (χ4v) is 2.45. The lowest BCUT2D eigenvalue weighted by Crippen LogP contribution is -2.13. The summed E-state index contributed by atoms with van der Waals surface area (Å²) in [5, 5.41) is 10.8. The van der Waals surface area contributed by atoms with E-state index in [9.17, 15) is 0 Å². The maximum Gasteiger partial charge on any atom is 0.140 e. The summed E-state index contributed by atoms with van der Waals surface area (Å²) >= 11 is 7.53. The first-order valence-electron chi connectivity index (χ1n) is 5.24. The van der Waals surface area contributed by atoms with Crippen molar-refractivity contribution in [3.8, 4) is 5.75 Å². The maximum absolute atomic E-state index is 7.50. The van der Waals surface area contributed by atoms with Gasteiger partial charge in [-0.05, 0) is 19.1 Å². The molecular weight excluding hydrogens is 270 g/mol. The predicted octanol–water partition coefficient (Wildman–Crippen LogP) is 2.97. The molecule has 0 saturated heterocycles. The SMILES string of the molecule is Cc1csc(COc2cccc(Cl)c2C(=N)N)n1. The largest absolute Gasteiger partial charge is 0.486 e. The molecule has 0 radical (unpaired) electrons. The Kier molecular flexibility index (Phi) is 3.84. The Hall–Kier alpha value is -1.59. The molecule has 94 valence electrons. The molecule has 0 spiro atoms. The molecule has 2 aromatic rings. The van der Waals surface area contributed by atoms with Crippen LogP contribution in [0.3, 0.4) is 0 Å². The molecule has 0 aliphatic rings. The smallest absolute Gasteiger partial charge is 0.140 e. The molecule has 18 heavy (non-hydrogen) atoms. The van der Waals surface area contributed by atoms with Crippen LogP contribution in [0.1, 0.15) is 16.3 Å². The van der Waals surface area contributed by atoms with Crippen molar-refractivity contribution >= 4 is 28.8 Å². The first-order chi connectivity index (χ1) is 8.58. The van der Waals surface area contributed by atoms with E-state index >= 15 is 0 Å². The second-order valence-electron chi connectivity index (χ2n) is 3.70. The number of hydrogen-bond donors (Lipinski definition) is 2. The molecule has 6 heteroatoms. The fraction of sp³-hybridized carbons (Fsp3) is 0.167. The summed E-state index contributed by atoms with van der Waals surface area (Å²) in [5.41, 5.74) is 6.89. The Balaban J connectivity index is 2.19. The molecule has 0 bridgehead atoms. The number of nitrogens with one attached hydrogen (secondary N) is 1. The number of aromatic nitrogens is 1. The van der Waals surface area contributed by atoms with Gasteiger partial charge in [-0.15, -0.1) is 11.3 Å². The van der Waals surface area contributed by atoms with Gasteiger partial charge < -0.3 is 10.5 Å². The van der Waals surface area contributed by atoms with Crippen molar-refractivity contribution in [1.82, 2.24) is 4.98 Å². The maximum atomic E-state index is 7.50. The van der Waals surface area contributed by atoms with Crippen LogP contribution in [-0.4, -0.2) is 10.8 Å². The summed E-state index contributed by atoms with van der Waals surface area (Å²) in [6.45, 7) is 2.28. The van der Waals surface area contributed by atoms with Crippen LogP contribution in [0.25, 0.3) is 0 Å². The number of nitrogens with two attached hydrogens (primary N) is 1. The monoisotopic (exact) mass is 281 g/mol. The third-order valence-corrected chi connectivity index (χ3v) is 3.52. The van der Waals surface area contributed by atoms with Crippen LogP contribution in [0.15, 0.2) is 23.6 Å². The minimum Gasteiger partial charge on any atom is -0.486 e. The van der Waals surface area contributed by atoms with Gasteiger partial charge in [-0.2, -0.15) is 0 Å². The van der Waals surface area contributed by atoms with Crippen LogP contribution in [0.4, 0.5) is 0 Å². The highest BCUT2D eigenvalue weighted by molar-refractivity contribution is 7.09. The van der Waals surface area contributed by atoms with Crippen molar-refractivity contribution in [2.24, 2.45) is 5.73 Å². The molecule has 4 nitrogen and oxygen atoms in total. The van der Waals surface area contributed by atoms with Gasteiger partial charge in [0, 0.05) is 11.1 Å². The summed E-state index contributed by atoms with van der Waals surface area (Å²) in [5.74, 6) is 0.397. The number of benzene rings is 1. The van der Waals surface area contributed by atoms with E-state index in [-0.39, 0.29) is 5.84 Å². The Morgan fingerprint density at radius 2 is 2.33 bits per heavy atom. The molecule has 3 N–H and O–H groups in total. The van der Waals surface area contributed by atoms with Crippen LogP contribution in [0.2, 0.25) is 5.02 Å². The zero-order valence-electron chi connectivity index (χ0n) is 9.74. The summed E-state index contributed by atoms with van der Waals surface area (Å²) in [7, 11) is 0. The van der Waals surface area contributed by atoms with E-state index in [2.05, 4.69) is 4.98 Å². The van der Waals surface area contributed by atoms with E-state index < -0.39 is 0 Å². The van der Waals surface area contributed by atoms with E-state index in [0.717, 1.165) is 10.7 Å². The molecule has 2 rings (SSSR count). The fourth-order valence-electron chi connectivity index (χ4n) is 1.49. The van der Waals surface area contributed by atoms with Crippen molar-refractivity contribution < 1.29 is 4.74 Å². The van der Waals surface area contributed by atoms with Crippen molar-refractivity contribution in [2.75, 3.05) is 0 Å². The molecule has 0 unspecified atom stereocenters. The Bertz CT molecular complexity index is 582. The van der Waals surface area contributed by atoms with Gasteiger partial charge in [0.1, 0.15) is 23.2 Å². The van der Waals surface area contributed by atoms with Crippen LogP contribution in [-0.2, 0) is 6.61 Å². The van der Waals surface area contributed by atoms with E-state index in [1.54, 1.807) is 18.2 Å². The van der Waals surface area contributed by atoms with E-state index in [1.165, 1.54) is 11.3 Å². The molecule has 0 aliphatic carbocycles. The Morgan fingerprint density at radius 3 is 2.94 bits per heavy atom. The van der Waals surface area contributed by atoms with Crippen molar-refractivity contribution in [2.45, 2.75) is 13.5 Å². The van der Waals surface area contributed by atoms with E-state index in [1.807, 2.05) is 12.3 Å². The molecule has 1 aromatic heterocycles. The van der Waals surface area contributed by atoms with Crippen molar-refractivity contribution in [3.63, 3.8) is 0 Å². The predicted molar refractivity (Wildman–Crippen MR) is 73.7 cm³/mol. The van der Waals surface area contributed by atoms with E-state index in [4.69, 9.17) is 27.5 Å². The van der Waals surface area contributed by atoms with Crippen LogP contribution < -0.4 is 10.5 Å². The van der Waals surface area contributed by atoms with E-state index in [0.29, 0.717) is 22.9 Å². The van der Waals surface area contributed by atoms with Gasteiger partial charge in [0.15, 0.2) is 0 Å². The molecule has 0 atom stereocenters. The van der Waals surface area contributed by atoms with Crippen LogP contribution in [0, 0.1) is 12.3 Å². The number of nitrogen functional groups attached to an aromatic ring is 1. The first kappa shape index (κ1) is 12.9. The van der Waals surface area contributed by atoms with Gasteiger partial charge in [0.25, 0.3) is 0 Å². The first-order valence-corrected chi connectivity index (χ1v) is 6.50. The average Bonchev–Trinajstić information content (AvgIpc) is 2.72. The second kappa shape index (κ2) is 5.37. The zero-order chi connectivity index (χ0) is 13.1. The summed E-state index contributed by atoms with van der Waals surface area (Å²) < 4.78 is 5.62. The number of rotatable bonds is 4. The molecule has 1 aromatic carbocycles. The molecule has 1 heterocycles. The number of aryl methyl sites for hydroxylation is 1. The number of amidine groups is 1.